The molecule has 0 fully saturated rings. The number of thioether (sulfide) groups is 1. The lowest BCUT2D eigenvalue weighted by Crippen LogP contribution is -2.15. The molecule has 0 aliphatic carbocycles. The molecule has 3 aromatic rings. The molecule has 0 bridgehead atoms. The first kappa shape index (κ1) is 19.8. The number of carbonyl (C=O) groups excluding carboxylic acids is 1. The van der Waals surface area contributed by atoms with Gasteiger partial charge in [-0.3, -0.25) is 14.9 Å². The summed E-state index contributed by atoms with van der Waals surface area (Å²) in [5, 5.41) is 22.2. The van der Waals surface area contributed by atoms with Gasteiger partial charge in [-0.2, -0.15) is 0 Å². The highest BCUT2D eigenvalue weighted by molar-refractivity contribution is 7.99. The average Bonchev–Trinajstić information content (AvgIpc) is 3.03. The maximum atomic E-state index is 13.1. The van der Waals surface area contributed by atoms with Crippen LogP contribution in [0.4, 0.5) is 15.8 Å². The summed E-state index contributed by atoms with van der Waals surface area (Å²) in [6, 6.07) is 9.62. The van der Waals surface area contributed by atoms with Crippen LogP contribution in [0.5, 0.6) is 0 Å². The van der Waals surface area contributed by atoms with Crippen molar-refractivity contribution in [1.29, 1.82) is 0 Å². The molecular weight excluding hydrogens is 409 g/mol. The second-order valence-corrected chi connectivity index (χ2v) is 6.98. The largest absolute Gasteiger partial charge is 0.324 e. The van der Waals surface area contributed by atoms with E-state index in [1.165, 1.54) is 30.3 Å². The first-order valence-electron chi connectivity index (χ1n) is 7.87. The highest BCUT2D eigenvalue weighted by atomic mass is 35.5. The highest BCUT2D eigenvalue weighted by Crippen LogP contribution is 2.27. The number of nitro groups is 1. The number of amides is 1. The van der Waals surface area contributed by atoms with Gasteiger partial charge in [0.05, 0.1) is 21.4 Å². The number of non-ortho nitro benzene ring substituents is 1. The zero-order valence-electron chi connectivity index (χ0n) is 14.4. The van der Waals surface area contributed by atoms with Crippen molar-refractivity contribution in [2.45, 2.75) is 5.16 Å². The minimum atomic E-state index is -0.572. The number of hydrogen-bond acceptors (Lipinski definition) is 6. The van der Waals surface area contributed by atoms with Gasteiger partial charge in [-0.05, 0) is 30.3 Å². The van der Waals surface area contributed by atoms with E-state index in [0.29, 0.717) is 16.5 Å². The first-order valence-corrected chi connectivity index (χ1v) is 9.23. The Morgan fingerprint density at radius 2 is 2.00 bits per heavy atom. The van der Waals surface area contributed by atoms with Gasteiger partial charge >= 0.3 is 0 Å². The second-order valence-electron chi connectivity index (χ2n) is 5.63. The molecule has 0 aliphatic heterocycles. The summed E-state index contributed by atoms with van der Waals surface area (Å²) in [6.07, 6.45) is 0. The van der Waals surface area contributed by atoms with E-state index in [2.05, 4.69) is 15.5 Å². The normalized spacial score (nSPS) is 10.7. The van der Waals surface area contributed by atoms with Crippen molar-refractivity contribution in [2.24, 2.45) is 7.05 Å². The fourth-order valence-corrected chi connectivity index (χ4v) is 3.21. The van der Waals surface area contributed by atoms with Crippen molar-refractivity contribution < 1.29 is 14.1 Å². The molecule has 144 valence electrons. The topological polar surface area (TPSA) is 103 Å². The average molecular weight is 422 g/mol. The third-order valence-electron chi connectivity index (χ3n) is 3.70. The molecule has 28 heavy (non-hydrogen) atoms. The monoisotopic (exact) mass is 421 g/mol. The van der Waals surface area contributed by atoms with E-state index in [1.54, 1.807) is 23.7 Å². The highest BCUT2D eigenvalue weighted by Gasteiger charge is 2.15. The lowest BCUT2D eigenvalue weighted by Gasteiger charge is -2.07. The molecule has 11 heteroatoms. The molecule has 0 atom stereocenters. The standard InChI is InChI=1S/C17H13ClFN5O3S/c1-23-16(10-2-4-11(19)5-3-10)21-22-17(23)28-9-15(25)20-14-8-12(24(26)27)6-7-13(14)18/h2-8H,9H2,1H3,(H,20,25). The van der Waals surface area contributed by atoms with Crippen LogP contribution in [-0.4, -0.2) is 31.3 Å². The molecule has 2 aromatic carbocycles. The quantitative estimate of drug-likeness (QED) is 0.367. The zero-order chi connectivity index (χ0) is 20.3. The summed E-state index contributed by atoms with van der Waals surface area (Å²) in [7, 11) is 1.73. The smallest absolute Gasteiger partial charge is 0.271 e. The Kier molecular flexibility index (Phi) is 5.90. The lowest BCUT2D eigenvalue weighted by atomic mass is 10.2. The first-order chi connectivity index (χ1) is 13.3. The van der Waals surface area contributed by atoms with Crippen molar-refractivity contribution in [2.75, 3.05) is 11.1 Å². The molecule has 1 amide bonds. The second kappa shape index (κ2) is 8.36. The Labute approximate surface area is 167 Å². The molecule has 8 nitrogen and oxygen atoms in total. The van der Waals surface area contributed by atoms with Crippen LogP contribution in [0.3, 0.4) is 0 Å². The molecular formula is C17H13ClFN5O3S. The van der Waals surface area contributed by atoms with E-state index in [1.807, 2.05) is 0 Å². The van der Waals surface area contributed by atoms with E-state index in [4.69, 9.17) is 11.6 Å². The summed E-state index contributed by atoms with van der Waals surface area (Å²) in [6.45, 7) is 0. The van der Waals surface area contributed by atoms with E-state index >= 15 is 0 Å². The number of anilines is 1. The Hall–Kier alpha value is -2.98. The van der Waals surface area contributed by atoms with Crippen molar-refractivity contribution in [3.8, 4) is 11.4 Å². The molecule has 0 aliphatic rings. The van der Waals surface area contributed by atoms with Crippen LogP contribution in [0.25, 0.3) is 11.4 Å². The van der Waals surface area contributed by atoms with E-state index in [-0.39, 0.29) is 28.0 Å². The van der Waals surface area contributed by atoms with Crippen LogP contribution in [0.1, 0.15) is 0 Å². The summed E-state index contributed by atoms with van der Waals surface area (Å²) in [5.74, 6) is -0.227. The van der Waals surface area contributed by atoms with E-state index in [0.717, 1.165) is 11.8 Å². The molecule has 3 rings (SSSR count). The van der Waals surface area contributed by atoms with Gasteiger partial charge in [-0.25, -0.2) is 4.39 Å². The number of aromatic nitrogens is 3. The molecule has 0 radical (unpaired) electrons. The van der Waals surface area contributed by atoms with E-state index in [9.17, 15) is 19.3 Å². The number of halogens is 2. The van der Waals surface area contributed by atoms with Crippen LogP contribution in [0.15, 0.2) is 47.6 Å². The van der Waals surface area contributed by atoms with Crippen molar-refractivity contribution >= 4 is 40.6 Å². The van der Waals surface area contributed by atoms with Gasteiger partial charge in [0.2, 0.25) is 5.91 Å². The van der Waals surface area contributed by atoms with Crippen molar-refractivity contribution in [3.05, 3.63) is 63.4 Å². The lowest BCUT2D eigenvalue weighted by molar-refractivity contribution is -0.384. The summed E-state index contributed by atoms with van der Waals surface area (Å²) in [5.41, 5.74) is 0.673. The Balaban J connectivity index is 1.66. The maximum absolute atomic E-state index is 13.1. The third-order valence-corrected chi connectivity index (χ3v) is 5.05. The van der Waals surface area contributed by atoms with Crippen LogP contribution >= 0.6 is 23.4 Å². The van der Waals surface area contributed by atoms with Crippen molar-refractivity contribution in [3.63, 3.8) is 0 Å². The summed E-state index contributed by atoms with van der Waals surface area (Å²) < 4.78 is 14.7. The fourth-order valence-electron chi connectivity index (χ4n) is 2.33. The third kappa shape index (κ3) is 4.46. The van der Waals surface area contributed by atoms with Gasteiger partial charge in [0, 0.05) is 24.7 Å². The number of hydrogen-bond donors (Lipinski definition) is 1. The minimum absolute atomic E-state index is 0.00554. The van der Waals surface area contributed by atoms with Crippen LogP contribution in [-0.2, 0) is 11.8 Å². The molecule has 0 unspecified atom stereocenters. The molecule has 0 saturated heterocycles. The van der Waals surface area contributed by atoms with Gasteiger partial charge in [-0.1, -0.05) is 23.4 Å². The maximum Gasteiger partial charge on any atom is 0.271 e. The minimum Gasteiger partial charge on any atom is -0.324 e. The number of carbonyl (C=O) groups is 1. The number of nitrogens with one attached hydrogen (secondary N) is 1. The van der Waals surface area contributed by atoms with Gasteiger partial charge in [0.25, 0.3) is 5.69 Å². The number of nitro benzene ring substituents is 1. The number of nitrogens with zero attached hydrogens (tertiary/aromatic N) is 4. The summed E-state index contributed by atoms with van der Waals surface area (Å²) in [4.78, 5) is 22.5. The SMILES string of the molecule is Cn1c(SCC(=O)Nc2cc([N+](=O)[O-])ccc2Cl)nnc1-c1ccc(F)cc1. The fraction of sp³-hybridized carbons (Fsp3) is 0.118. The van der Waals surface area contributed by atoms with Gasteiger partial charge < -0.3 is 9.88 Å². The molecule has 1 heterocycles. The number of rotatable bonds is 6. The van der Waals surface area contributed by atoms with Gasteiger partial charge in [0.15, 0.2) is 11.0 Å². The van der Waals surface area contributed by atoms with Gasteiger partial charge in [-0.15, -0.1) is 10.2 Å². The molecule has 1 aromatic heterocycles. The molecule has 1 N–H and O–H groups in total. The predicted molar refractivity (Wildman–Crippen MR) is 104 cm³/mol. The van der Waals surface area contributed by atoms with Crippen LogP contribution in [0.2, 0.25) is 5.02 Å². The molecule has 0 spiro atoms. The van der Waals surface area contributed by atoms with Crippen LogP contribution < -0.4 is 5.32 Å². The number of benzene rings is 2. The zero-order valence-corrected chi connectivity index (χ0v) is 16.0. The van der Waals surface area contributed by atoms with Gasteiger partial charge in [0.1, 0.15) is 5.82 Å². The predicted octanol–water partition coefficient (Wildman–Crippen LogP) is 3.91. The van der Waals surface area contributed by atoms with Crippen molar-refractivity contribution in [1.82, 2.24) is 14.8 Å². The van der Waals surface area contributed by atoms with Crippen LogP contribution in [0, 0.1) is 15.9 Å². The Bertz CT molecular complexity index is 1040. The molecule has 0 saturated carbocycles. The van der Waals surface area contributed by atoms with E-state index < -0.39 is 10.8 Å². The summed E-state index contributed by atoms with van der Waals surface area (Å²) >= 11 is 7.11. The Morgan fingerprint density at radius 1 is 1.29 bits per heavy atom. The Morgan fingerprint density at radius 3 is 2.68 bits per heavy atom.